The van der Waals surface area contributed by atoms with Crippen molar-refractivity contribution >= 4 is 11.5 Å². The highest BCUT2D eigenvalue weighted by atomic mass is 16.6. The average Bonchev–Trinajstić information content (AvgIpc) is 3.11. The van der Waals surface area contributed by atoms with Crippen molar-refractivity contribution in [2.75, 3.05) is 0 Å². The molecule has 0 bridgehead atoms. The molecule has 0 aliphatic carbocycles. The summed E-state index contributed by atoms with van der Waals surface area (Å²) in [4.78, 5) is 28.0. The van der Waals surface area contributed by atoms with Gasteiger partial charge in [-0.1, -0.05) is 12.1 Å². The van der Waals surface area contributed by atoms with Gasteiger partial charge in [0, 0.05) is 30.1 Å². The fraction of sp³-hybridized carbons (Fsp3) is 0.158. The summed E-state index contributed by atoms with van der Waals surface area (Å²) in [5.41, 5.74) is 1.26. The molecule has 0 aliphatic rings. The summed E-state index contributed by atoms with van der Waals surface area (Å²) in [5, 5.41) is 21.1. The number of rotatable bonds is 4. The summed E-state index contributed by atoms with van der Waals surface area (Å²) in [6.45, 7) is 3.32. The van der Waals surface area contributed by atoms with Crippen LogP contribution in [-0.4, -0.2) is 34.4 Å². The molecule has 0 aliphatic heterocycles. The molecule has 1 N–H and O–H groups in total. The van der Waals surface area contributed by atoms with Crippen LogP contribution in [0, 0.1) is 10.1 Å². The van der Waals surface area contributed by atoms with Gasteiger partial charge in [0.2, 0.25) is 5.78 Å². The van der Waals surface area contributed by atoms with Crippen molar-refractivity contribution in [3.05, 3.63) is 70.8 Å². The minimum atomic E-state index is -1.07. The van der Waals surface area contributed by atoms with Gasteiger partial charge >= 0.3 is 0 Å². The topological polar surface area (TPSA) is 119 Å². The molecule has 3 heterocycles. The minimum absolute atomic E-state index is 0.0235. The Hall–Kier alpha value is -3.72. The third-order valence-corrected chi connectivity index (χ3v) is 4.24. The maximum atomic E-state index is 11.0. The Morgan fingerprint density at radius 3 is 2.71 bits per heavy atom. The second-order valence-corrected chi connectivity index (χ2v) is 6.76. The molecule has 0 saturated carbocycles. The monoisotopic (exact) mass is 376 g/mol. The quantitative estimate of drug-likeness (QED) is 0.429. The van der Waals surface area contributed by atoms with Gasteiger partial charge in [0.15, 0.2) is 5.82 Å². The van der Waals surface area contributed by atoms with Crippen LogP contribution in [0.1, 0.15) is 19.5 Å². The first kappa shape index (κ1) is 17.7. The first-order valence-electron chi connectivity index (χ1n) is 8.48. The van der Waals surface area contributed by atoms with E-state index in [1.807, 2.05) is 0 Å². The standard InChI is InChI=1S/C19H16N6O3/c1-19(2,26)16-7-9-24-15(11-21-18(24)23-16)14-6-8-20-17(22-14)12-4-3-5-13(10-12)25(27)28/h3-11,26H,1-2H3. The summed E-state index contributed by atoms with van der Waals surface area (Å²) in [6, 6.07) is 9.63. The number of nitro groups is 1. The normalized spacial score (nSPS) is 11.7. The van der Waals surface area contributed by atoms with Crippen molar-refractivity contribution in [2.45, 2.75) is 19.4 Å². The van der Waals surface area contributed by atoms with E-state index in [0.29, 0.717) is 34.2 Å². The Bertz CT molecular complexity index is 1200. The molecule has 1 aromatic carbocycles. The molecule has 4 rings (SSSR count). The van der Waals surface area contributed by atoms with Gasteiger partial charge in [-0.15, -0.1) is 0 Å². The third kappa shape index (κ3) is 3.19. The highest BCUT2D eigenvalue weighted by molar-refractivity contribution is 5.64. The molecule has 28 heavy (non-hydrogen) atoms. The Kier molecular flexibility index (Phi) is 4.08. The Labute approximate surface area is 159 Å². The lowest BCUT2D eigenvalue weighted by atomic mass is 10.1. The molecule has 140 valence electrons. The van der Waals surface area contributed by atoms with Crippen LogP contribution in [-0.2, 0) is 5.60 Å². The number of nitrogens with zero attached hydrogens (tertiary/aromatic N) is 6. The van der Waals surface area contributed by atoms with Gasteiger partial charge in [0.1, 0.15) is 5.60 Å². The number of aromatic nitrogens is 5. The van der Waals surface area contributed by atoms with Crippen LogP contribution < -0.4 is 0 Å². The van der Waals surface area contributed by atoms with Crippen molar-refractivity contribution in [1.29, 1.82) is 0 Å². The van der Waals surface area contributed by atoms with E-state index in [0.717, 1.165) is 0 Å². The van der Waals surface area contributed by atoms with Gasteiger partial charge < -0.3 is 5.11 Å². The molecule has 0 radical (unpaired) electrons. The summed E-state index contributed by atoms with van der Waals surface area (Å²) >= 11 is 0. The first-order chi connectivity index (χ1) is 13.3. The van der Waals surface area contributed by atoms with E-state index in [-0.39, 0.29) is 5.69 Å². The van der Waals surface area contributed by atoms with Gasteiger partial charge in [-0.3, -0.25) is 14.5 Å². The number of imidazole rings is 1. The average molecular weight is 376 g/mol. The van der Waals surface area contributed by atoms with E-state index >= 15 is 0 Å². The molecule has 4 aromatic rings. The maximum absolute atomic E-state index is 11.0. The number of benzene rings is 1. The molecule has 0 amide bonds. The summed E-state index contributed by atoms with van der Waals surface area (Å²) in [7, 11) is 0. The lowest BCUT2D eigenvalue weighted by Gasteiger charge is -2.16. The summed E-state index contributed by atoms with van der Waals surface area (Å²) in [6.07, 6.45) is 5.00. The van der Waals surface area contributed by atoms with Crippen LogP contribution in [0.5, 0.6) is 0 Å². The highest BCUT2D eigenvalue weighted by Crippen LogP contribution is 2.25. The predicted octanol–water partition coefficient (Wildman–Crippen LogP) is 2.99. The molecule has 0 saturated heterocycles. The largest absolute Gasteiger partial charge is 0.384 e. The van der Waals surface area contributed by atoms with E-state index in [1.165, 1.54) is 12.1 Å². The van der Waals surface area contributed by atoms with Crippen LogP contribution in [0.4, 0.5) is 5.69 Å². The molecule has 0 atom stereocenters. The minimum Gasteiger partial charge on any atom is -0.384 e. The van der Waals surface area contributed by atoms with Gasteiger partial charge in [0.05, 0.1) is 28.2 Å². The van der Waals surface area contributed by atoms with E-state index < -0.39 is 10.5 Å². The predicted molar refractivity (Wildman–Crippen MR) is 101 cm³/mol. The van der Waals surface area contributed by atoms with Crippen molar-refractivity contribution in [2.24, 2.45) is 0 Å². The molecule has 0 unspecified atom stereocenters. The summed E-state index contributed by atoms with van der Waals surface area (Å²) < 4.78 is 1.76. The third-order valence-electron chi connectivity index (χ3n) is 4.24. The van der Waals surface area contributed by atoms with Crippen molar-refractivity contribution < 1.29 is 10.0 Å². The zero-order valence-electron chi connectivity index (χ0n) is 15.1. The van der Waals surface area contributed by atoms with Crippen LogP contribution in [0.25, 0.3) is 28.6 Å². The molecular weight excluding hydrogens is 360 g/mol. The van der Waals surface area contributed by atoms with Gasteiger partial charge in [0.25, 0.3) is 5.69 Å². The molecule has 3 aromatic heterocycles. The van der Waals surface area contributed by atoms with Crippen molar-refractivity contribution in [1.82, 2.24) is 24.3 Å². The first-order valence-corrected chi connectivity index (χ1v) is 8.48. The number of nitro benzene ring substituents is 1. The van der Waals surface area contributed by atoms with E-state index in [4.69, 9.17) is 0 Å². The van der Waals surface area contributed by atoms with Crippen molar-refractivity contribution in [3.8, 4) is 22.8 Å². The Balaban J connectivity index is 1.78. The Morgan fingerprint density at radius 1 is 1.14 bits per heavy atom. The zero-order chi connectivity index (χ0) is 19.9. The number of non-ortho nitro benzene ring substituents is 1. The molecular formula is C19H16N6O3. The maximum Gasteiger partial charge on any atom is 0.270 e. The van der Waals surface area contributed by atoms with Gasteiger partial charge in [-0.25, -0.2) is 19.9 Å². The van der Waals surface area contributed by atoms with Crippen LogP contribution >= 0.6 is 0 Å². The van der Waals surface area contributed by atoms with Crippen LogP contribution in [0.2, 0.25) is 0 Å². The van der Waals surface area contributed by atoms with E-state index in [2.05, 4.69) is 19.9 Å². The second-order valence-electron chi connectivity index (χ2n) is 6.76. The number of hydrogen-bond donors (Lipinski definition) is 1. The SMILES string of the molecule is CC(C)(O)c1ccn2c(-c3ccnc(-c4cccc([N+](=O)[O-])c4)n3)cnc2n1. The number of hydrogen-bond acceptors (Lipinski definition) is 7. The second kappa shape index (κ2) is 6.46. The fourth-order valence-corrected chi connectivity index (χ4v) is 2.80. The van der Waals surface area contributed by atoms with Gasteiger partial charge in [-0.2, -0.15) is 0 Å². The zero-order valence-corrected chi connectivity index (χ0v) is 15.1. The number of aliphatic hydroxyl groups is 1. The highest BCUT2D eigenvalue weighted by Gasteiger charge is 2.19. The number of fused-ring (bicyclic) bond motifs is 1. The van der Waals surface area contributed by atoms with E-state index in [9.17, 15) is 15.2 Å². The van der Waals surface area contributed by atoms with E-state index in [1.54, 1.807) is 61.1 Å². The summed E-state index contributed by atoms with van der Waals surface area (Å²) in [5.74, 6) is 0.808. The molecule has 9 heteroatoms. The Morgan fingerprint density at radius 2 is 1.96 bits per heavy atom. The van der Waals surface area contributed by atoms with Gasteiger partial charge in [-0.05, 0) is 26.0 Å². The van der Waals surface area contributed by atoms with Crippen molar-refractivity contribution in [3.63, 3.8) is 0 Å². The van der Waals surface area contributed by atoms with Crippen LogP contribution in [0.15, 0.2) is 55.0 Å². The molecule has 0 spiro atoms. The smallest absolute Gasteiger partial charge is 0.270 e. The fourth-order valence-electron chi connectivity index (χ4n) is 2.80. The van der Waals surface area contributed by atoms with Crippen LogP contribution in [0.3, 0.4) is 0 Å². The lowest BCUT2D eigenvalue weighted by Crippen LogP contribution is -2.18. The molecule has 0 fully saturated rings. The lowest BCUT2D eigenvalue weighted by molar-refractivity contribution is -0.384. The molecule has 9 nitrogen and oxygen atoms in total.